The van der Waals surface area contributed by atoms with Gasteiger partial charge in [0.1, 0.15) is 0 Å². The summed E-state index contributed by atoms with van der Waals surface area (Å²) in [6.45, 7) is 0. The number of methoxy groups -OCH3 is 1. The third kappa shape index (κ3) is 1.60. The zero-order chi connectivity index (χ0) is 11.8. The molecule has 0 fully saturated rings. The molecular formula is C15H14O2. The molecule has 0 heterocycles. The second-order valence-corrected chi connectivity index (χ2v) is 4.48. The molecule has 2 aromatic rings. The minimum Gasteiger partial charge on any atom is -0.469 e. The van der Waals surface area contributed by atoms with Crippen molar-refractivity contribution >= 4 is 16.7 Å². The van der Waals surface area contributed by atoms with Crippen LogP contribution in [-0.4, -0.2) is 13.1 Å². The first-order valence-corrected chi connectivity index (χ1v) is 5.89. The largest absolute Gasteiger partial charge is 0.469 e. The molecule has 0 bridgehead atoms. The first-order chi connectivity index (χ1) is 8.29. The maximum absolute atomic E-state index is 11.4. The summed E-state index contributed by atoms with van der Waals surface area (Å²) in [6, 6.07) is 10.6. The number of hydrogen-bond acceptors (Lipinski definition) is 2. The van der Waals surface area contributed by atoms with Crippen molar-refractivity contribution in [3.8, 4) is 0 Å². The normalized spacial score (nSPS) is 13.0. The van der Waals surface area contributed by atoms with Crippen LogP contribution in [0, 0.1) is 0 Å². The molecule has 2 heteroatoms. The van der Waals surface area contributed by atoms with Gasteiger partial charge in [0.15, 0.2) is 0 Å². The van der Waals surface area contributed by atoms with Gasteiger partial charge < -0.3 is 4.74 Å². The Morgan fingerprint density at radius 2 is 1.94 bits per heavy atom. The van der Waals surface area contributed by atoms with E-state index in [1.54, 1.807) is 0 Å². The van der Waals surface area contributed by atoms with Crippen molar-refractivity contribution in [2.75, 3.05) is 7.11 Å². The van der Waals surface area contributed by atoms with Crippen LogP contribution in [0.2, 0.25) is 0 Å². The number of aryl methyl sites for hydroxylation is 2. The van der Waals surface area contributed by atoms with Crippen molar-refractivity contribution in [2.24, 2.45) is 0 Å². The van der Waals surface area contributed by atoms with Gasteiger partial charge in [-0.05, 0) is 40.3 Å². The van der Waals surface area contributed by atoms with E-state index in [1.165, 1.54) is 29.0 Å². The standard InChI is InChI=1S/C15H14O2/c1-17-14(16)9-12-8-7-11-6-5-10-3-2-4-13(12)15(10)11/h2-4,7-8H,5-6,9H2,1H3. The third-order valence-corrected chi connectivity index (χ3v) is 3.53. The summed E-state index contributed by atoms with van der Waals surface area (Å²) in [5.41, 5.74) is 3.88. The van der Waals surface area contributed by atoms with E-state index in [9.17, 15) is 4.79 Å². The van der Waals surface area contributed by atoms with Crippen molar-refractivity contribution in [1.82, 2.24) is 0 Å². The molecular weight excluding hydrogens is 212 g/mol. The van der Waals surface area contributed by atoms with Crippen LogP contribution in [0.15, 0.2) is 30.3 Å². The third-order valence-electron chi connectivity index (χ3n) is 3.53. The van der Waals surface area contributed by atoms with Crippen LogP contribution < -0.4 is 0 Å². The van der Waals surface area contributed by atoms with Crippen LogP contribution in [0.1, 0.15) is 16.7 Å². The lowest BCUT2D eigenvalue weighted by Crippen LogP contribution is -2.05. The summed E-state index contributed by atoms with van der Waals surface area (Å²) < 4.78 is 4.74. The van der Waals surface area contributed by atoms with Gasteiger partial charge >= 0.3 is 5.97 Å². The van der Waals surface area contributed by atoms with Crippen LogP contribution >= 0.6 is 0 Å². The molecule has 0 spiro atoms. The number of rotatable bonds is 2. The van der Waals surface area contributed by atoms with Gasteiger partial charge in [0.05, 0.1) is 13.5 Å². The van der Waals surface area contributed by atoms with Crippen LogP contribution in [0.5, 0.6) is 0 Å². The van der Waals surface area contributed by atoms with Crippen LogP contribution in [0.25, 0.3) is 10.8 Å². The van der Waals surface area contributed by atoms with Gasteiger partial charge in [0.25, 0.3) is 0 Å². The van der Waals surface area contributed by atoms with Crippen molar-refractivity contribution in [3.05, 3.63) is 47.0 Å². The minimum atomic E-state index is -0.177. The number of ether oxygens (including phenoxy) is 1. The van der Waals surface area contributed by atoms with Crippen LogP contribution in [0.4, 0.5) is 0 Å². The molecule has 0 N–H and O–H groups in total. The molecule has 1 aliphatic carbocycles. The summed E-state index contributed by atoms with van der Waals surface area (Å²) in [5, 5.41) is 2.57. The number of esters is 1. The Bertz CT molecular complexity index is 589. The highest BCUT2D eigenvalue weighted by Gasteiger charge is 2.16. The number of hydrogen-bond donors (Lipinski definition) is 0. The Morgan fingerprint density at radius 1 is 1.18 bits per heavy atom. The second kappa shape index (κ2) is 3.88. The lowest BCUT2D eigenvalue weighted by Gasteiger charge is -2.07. The van der Waals surface area contributed by atoms with E-state index < -0.39 is 0 Å². The molecule has 0 atom stereocenters. The smallest absolute Gasteiger partial charge is 0.309 e. The monoisotopic (exact) mass is 226 g/mol. The molecule has 3 rings (SSSR count). The van der Waals surface area contributed by atoms with Gasteiger partial charge in [-0.15, -0.1) is 0 Å². The zero-order valence-electron chi connectivity index (χ0n) is 9.82. The first-order valence-electron chi connectivity index (χ1n) is 5.89. The van der Waals surface area contributed by atoms with Crippen LogP contribution in [0.3, 0.4) is 0 Å². The lowest BCUT2D eigenvalue weighted by atomic mass is 9.98. The van der Waals surface area contributed by atoms with Gasteiger partial charge in [-0.25, -0.2) is 0 Å². The van der Waals surface area contributed by atoms with Crippen LogP contribution in [-0.2, 0) is 28.8 Å². The van der Waals surface area contributed by atoms with Gasteiger partial charge in [-0.2, -0.15) is 0 Å². The Kier molecular flexibility index (Phi) is 2.36. The fraction of sp³-hybridized carbons (Fsp3) is 0.267. The molecule has 0 unspecified atom stereocenters. The maximum Gasteiger partial charge on any atom is 0.309 e. The topological polar surface area (TPSA) is 26.3 Å². The average Bonchev–Trinajstić information content (AvgIpc) is 2.78. The Hall–Kier alpha value is -1.83. The van der Waals surface area contributed by atoms with E-state index in [4.69, 9.17) is 4.74 Å². The van der Waals surface area contributed by atoms with E-state index in [1.807, 2.05) is 0 Å². The highest BCUT2D eigenvalue weighted by atomic mass is 16.5. The number of benzene rings is 2. The van der Waals surface area contributed by atoms with Gasteiger partial charge in [-0.1, -0.05) is 30.3 Å². The number of carbonyl (C=O) groups is 1. The average molecular weight is 226 g/mol. The molecule has 0 aromatic heterocycles. The highest BCUT2D eigenvalue weighted by molar-refractivity contribution is 5.95. The Balaban J connectivity index is 2.18. The molecule has 0 saturated heterocycles. The van der Waals surface area contributed by atoms with Gasteiger partial charge in [0, 0.05) is 0 Å². The first kappa shape index (κ1) is 10.3. The predicted molar refractivity (Wildman–Crippen MR) is 67.1 cm³/mol. The fourth-order valence-electron chi connectivity index (χ4n) is 2.69. The van der Waals surface area contributed by atoms with Gasteiger partial charge in [-0.3, -0.25) is 4.79 Å². The second-order valence-electron chi connectivity index (χ2n) is 4.48. The zero-order valence-corrected chi connectivity index (χ0v) is 9.82. The number of carbonyl (C=O) groups excluding carboxylic acids is 1. The van der Waals surface area contributed by atoms with E-state index in [0.717, 1.165) is 18.4 Å². The molecule has 0 amide bonds. The molecule has 0 radical (unpaired) electrons. The molecule has 0 saturated carbocycles. The van der Waals surface area contributed by atoms with Gasteiger partial charge in [0.2, 0.25) is 0 Å². The molecule has 17 heavy (non-hydrogen) atoms. The van der Waals surface area contributed by atoms with E-state index in [0.29, 0.717) is 6.42 Å². The summed E-state index contributed by atoms with van der Waals surface area (Å²) in [4.78, 5) is 11.4. The fourth-order valence-corrected chi connectivity index (χ4v) is 2.69. The molecule has 1 aliphatic rings. The maximum atomic E-state index is 11.4. The van der Waals surface area contributed by atoms with Crippen molar-refractivity contribution in [2.45, 2.75) is 19.3 Å². The van der Waals surface area contributed by atoms with E-state index in [-0.39, 0.29) is 5.97 Å². The SMILES string of the molecule is COC(=O)Cc1ccc2c3c(cccc13)CC2. The molecule has 2 nitrogen and oxygen atoms in total. The minimum absolute atomic E-state index is 0.177. The summed E-state index contributed by atoms with van der Waals surface area (Å²) in [5.74, 6) is -0.177. The lowest BCUT2D eigenvalue weighted by molar-refractivity contribution is -0.139. The summed E-state index contributed by atoms with van der Waals surface area (Å²) in [7, 11) is 1.43. The van der Waals surface area contributed by atoms with E-state index >= 15 is 0 Å². The molecule has 86 valence electrons. The Labute approximate surface area is 100 Å². The highest BCUT2D eigenvalue weighted by Crippen LogP contribution is 2.32. The quantitative estimate of drug-likeness (QED) is 0.736. The van der Waals surface area contributed by atoms with Crippen molar-refractivity contribution in [1.29, 1.82) is 0 Å². The van der Waals surface area contributed by atoms with E-state index in [2.05, 4.69) is 30.3 Å². The summed E-state index contributed by atoms with van der Waals surface area (Å²) in [6.07, 6.45) is 2.60. The van der Waals surface area contributed by atoms with Crippen molar-refractivity contribution in [3.63, 3.8) is 0 Å². The predicted octanol–water partition coefficient (Wildman–Crippen LogP) is 2.65. The Morgan fingerprint density at radius 3 is 2.71 bits per heavy atom. The molecule has 0 aliphatic heterocycles. The van der Waals surface area contributed by atoms with Crippen molar-refractivity contribution < 1.29 is 9.53 Å². The molecule has 2 aromatic carbocycles. The summed E-state index contributed by atoms with van der Waals surface area (Å²) >= 11 is 0.